The molecule has 150 valence electrons. The summed E-state index contributed by atoms with van der Waals surface area (Å²) in [7, 11) is 0. The monoisotopic (exact) mass is 398 g/mol. The lowest BCUT2D eigenvalue weighted by Gasteiger charge is -2.36. The minimum Gasteiger partial charge on any atom is -0.342 e. The van der Waals surface area contributed by atoms with Crippen LogP contribution < -0.4 is 5.32 Å². The maximum atomic E-state index is 12.9. The zero-order valence-electron chi connectivity index (χ0n) is 16.9. The Morgan fingerprint density at radius 3 is 2.75 bits per heavy atom. The fraction of sp³-hybridized carbons (Fsp3) is 0.591. The molecule has 3 heterocycles. The van der Waals surface area contributed by atoms with Gasteiger partial charge in [-0.1, -0.05) is 25.8 Å². The third-order valence-corrected chi connectivity index (χ3v) is 6.97. The van der Waals surface area contributed by atoms with Crippen molar-refractivity contribution in [2.24, 2.45) is 11.8 Å². The first-order valence-corrected chi connectivity index (χ1v) is 11.4. The average Bonchev–Trinajstić information content (AvgIpc) is 3.12. The summed E-state index contributed by atoms with van der Waals surface area (Å²) in [5.74, 6) is 2.62. The highest BCUT2D eigenvalue weighted by Crippen LogP contribution is 2.33. The Morgan fingerprint density at radius 2 is 2.04 bits per heavy atom. The Balaban J connectivity index is 1.34. The maximum Gasteiger partial charge on any atom is 0.225 e. The molecule has 0 bridgehead atoms. The van der Waals surface area contributed by atoms with Gasteiger partial charge in [0.15, 0.2) is 5.13 Å². The second kappa shape index (κ2) is 8.60. The first-order chi connectivity index (χ1) is 13.6. The van der Waals surface area contributed by atoms with Crippen LogP contribution >= 0.6 is 11.3 Å². The number of amides is 1. The predicted molar refractivity (Wildman–Crippen MR) is 114 cm³/mol. The molecule has 1 aliphatic carbocycles. The lowest BCUT2D eigenvalue weighted by Crippen LogP contribution is -2.42. The number of nitrogens with one attached hydrogen (secondary N) is 1. The van der Waals surface area contributed by atoms with Crippen LogP contribution in [0.3, 0.4) is 0 Å². The lowest BCUT2D eigenvalue weighted by atomic mass is 9.81. The number of carbonyl (C=O) groups excluding carboxylic acids is 1. The summed E-state index contributed by atoms with van der Waals surface area (Å²) in [6.45, 7) is 6.06. The molecular formula is C22H30N4OS. The van der Waals surface area contributed by atoms with Crippen molar-refractivity contribution in [3.05, 3.63) is 35.0 Å². The molecule has 0 aromatic carbocycles. The SMILES string of the molecule is Cc1cnc(Nc2cccc(C3CCN(C(=O)[C@@H]4CCC[C@@H](C)C4)CC3)n2)s1. The number of carbonyl (C=O) groups is 1. The maximum absolute atomic E-state index is 12.9. The van der Waals surface area contributed by atoms with Gasteiger partial charge in [-0.2, -0.15) is 0 Å². The molecule has 1 aliphatic heterocycles. The van der Waals surface area contributed by atoms with Crippen LogP contribution in [-0.4, -0.2) is 33.9 Å². The van der Waals surface area contributed by atoms with Crippen molar-refractivity contribution in [1.29, 1.82) is 0 Å². The van der Waals surface area contributed by atoms with E-state index in [-0.39, 0.29) is 5.92 Å². The highest BCUT2D eigenvalue weighted by atomic mass is 32.1. The van der Waals surface area contributed by atoms with E-state index in [4.69, 9.17) is 4.98 Å². The highest BCUT2D eigenvalue weighted by Gasteiger charge is 2.31. The summed E-state index contributed by atoms with van der Waals surface area (Å²) in [5.41, 5.74) is 1.12. The van der Waals surface area contributed by atoms with Crippen LogP contribution in [0.4, 0.5) is 10.9 Å². The van der Waals surface area contributed by atoms with Crippen LogP contribution in [-0.2, 0) is 4.79 Å². The van der Waals surface area contributed by atoms with Crippen LogP contribution in [0.25, 0.3) is 0 Å². The Hall–Kier alpha value is -1.95. The van der Waals surface area contributed by atoms with Crippen LogP contribution in [0.2, 0.25) is 0 Å². The number of thiazole rings is 1. The summed E-state index contributed by atoms with van der Waals surface area (Å²) in [6.07, 6.45) is 8.51. The molecule has 1 amide bonds. The number of likely N-dealkylation sites (tertiary alicyclic amines) is 1. The zero-order chi connectivity index (χ0) is 19.5. The second-order valence-electron chi connectivity index (χ2n) is 8.42. The number of nitrogens with zero attached hydrogens (tertiary/aromatic N) is 3. The molecule has 1 N–H and O–H groups in total. The minimum absolute atomic E-state index is 0.257. The molecule has 0 unspecified atom stereocenters. The topological polar surface area (TPSA) is 58.1 Å². The van der Waals surface area contributed by atoms with E-state index in [2.05, 4.69) is 41.2 Å². The Bertz CT molecular complexity index is 812. The normalized spacial score (nSPS) is 23.6. The number of pyridine rings is 1. The van der Waals surface area contributed by atoms with Crippen molar-refractivity contribution in [3.8, 4) is 0 Å². The molecule has 1 saturated heterocycles. The van der Waals surface area contributed by atoms with Crippen LogP contribution in [0.15, 0.2) is 24.4 Å². The summed E-state index contributed by atoms with van der Waals surface area (Å²) < 4.78 is 0. The van der Waals surface area contributed by atoms with Crippen molar-refractivity contribution in [2.75, 3.05) is 18.4 Å². The van der Waals surface area contributed by atoms with Gasteiger partial charge >= 0.3 is 0 Å². The van der Waals surface area contributed by atoms with Gasteiger partial charge in [-0.25, -0.2) is 9.97 Å². The van der Waals surface area contributed by atoms with E-state index in [0.29, 0.717) is 17.7 Å². The van der Waals surface area contributed by atoms with Gasteiger partial charge in [0.2, 0.25) is 5.91 Å². The largest absolute Gasteiger partial charge is 0.342 e. The van der Waals surface area contributed by atoms with Gasteiger partial charge in [0.25, 0.3) is 0 Å². The number of hydrogen-bond donors (Lipinski definition) is 1. The van der Waals surface area contributed by atoms with E-state index in [1.807, 2.05) is 12.3 Å². The predicted octanol–water partition coefficient (Wildman–Crippen LogP) is 5.12. The summed E-state index contributed by atoms with van der Waals surface area (Å²) >= 11 is 1.63. The molecule has 2 aromatic rings. The number of anilines is 2. The molecule has 0 radical (unpaired) electrons. The summed E-state index contributed by atoms with van der Waals surface area (Å²) in [4.78, 5) is 25.4. The Morgan fingerprint density at radius 1 is 1.21 bits per heavy atom. The van der Waals surface area contributed by atoms with Crippen LogP contribution in [0, 0.1) is 18.8 Å². The fourth-order valence-electron chi connectivity index (χ4n) is 4.58. The number of hydrogen-bond acceptors (Lipinski definition) is 5. The van der Waals surface area contributed by atoms with Crippen molar-refractivity contribution in [3.63, 3.8) is 0 Å². The van der Waals surface area contributed by atoms with Crippen molar-refractivity contribution in [1.82, 2.24) is 14.9 Å². The molecular weight excluding hydrogens is 368 g/mol. The number of aromatic nitrogens is 2. The zero-order valence-corrected chi connectivity index (χ0v) is 17.7. The number of rotatable bonds is 4. The minimum atomic E-state index is 0.257. The third kappa shape index (κ3) is 4.54. The molecule has 2 atom stereocenters. The van der Waals surface area contributed by atoms with E-state index < -0.39 is 0 Å². The lowest BCUT2D eigenvalue weighted by molar-refractivity contribution is -0.138. The van der Waals surface area contributed by atoms with Gasteiger partial charge in [0, 0.05) is 41.7 Å². The van der Waals surface area contributed by atoms with Crippen molar-refractivity contribution < 1.29 is 4.79 Å². The van der Waals surface area contributed by atoms with Gasteiger partial charge in [0.1, 0.15) is 5.82 Å². The molecule has 28 heavy (non-hydrogen) atoms. The molecule has 6 heteroatoms. The van der Waals surface area contributed by atoms with Gasteiger partial charge in [-0.05, 0) is 50.7 Å². The first-order valence-electron chi connectivity index (χ1n) is 10.5. The van der Waals surface area contributed by atoms with Gasteiger partial charge in [-0.3, -0.25) is 4.79 Å². The average molecular weight is 399 g/mol. The van der Waals surface area contributed by atoms with Crippen LogP contribution in [0.5, 0.6) is 0 Å². The molecule has 2 fully saturated rings. The van der Waals surface area contributed by atoms with Crippen LogP contribution in [0.1, 0.15) is 61.9 Å². The molecule has 4 rings (SSSR count). The van der Waals surface area contributed by atoms with Crippen molar-refractivity contribution in [2.45, 2.75) is 58.3 Å². The second-order valence-corrected chi connectivity index (χ2v) is 9.65. The molecule has 0 spiro atoms. The Labute approximate surface area is 171 Å². The third-order valence-electron chi connectivity index (χ3n) is 6.14. The molecule has 5 nitrogen and oxygen atoms in total. The van der Waals surface area contributed by atoms with E-state index in [1.54, 1.807) is 11.3 Å². The first kappa shape index (κ1) is 19.4. The fourth-order valence-corrected chi connectivity index (χ4v) is 5.25. The van der Waals surface area contributed by atoms with E-state index in [1.165, 1.54) is 17.7 Å². The standard InChI is InChI=1S/C22H30N4OS/c1-15-5-3-6-18(13-15)21(27)26-11-9-17(10-12-26)19-7-4-8-20(24-19)25-22-23-14-16(2)28-22/h4,7-8,14-15,17-18H,3,5-6,9-13H2,1-2H3,(H,23,24,25)/t15-,18-/m1/s1. The quantitative estimate of drug-likeness (QED) is 0.776. The van der Waals surface area contributed by atoms with E-state index in [0.717, 1.165) is 55.4 Å². The molecule has 2 aromatic heterocycles. The number of aryl methyl sites for hydroxylation is 1. The number of piperidine rings is 1. The van der Waals surface area contributed by atoms with Gasteiger partial charge < -0.3 is 10.2 Å². The van der Waals surface area contributed by atoms with E-state index in [9.17, 15) is 4.79 Å². The van der Waals surface area contributed by atoms with Gasteiger partial charge in [-0.15, -0.1) is 11.3 Å². The van der Waals surface area contributed by atoms with E-state index >= 15 is 0 Å². The summed E-state index contributed by atoms with van der Waals surface area (Å²) in [5, 5.41) is 4.19. The molecule has 2 aliphatic rings. The van der Waals surface area contributed by atoms with Gasteiger partial charge in [0.05, 0.1) is 0 Å². The smallest absolute Gasteiger partial charge is 0.225 e. The molecule has 1 saturated carbocycles. The van der Waals surface area contributed by atoms with Crippen molar-refractivity contribution >= 4 is 28.2 Å². The highest BCUT2D eigenvalue weighted by molar-refractivity contribution is 7.15. The summed E-state index contributed by atoms with van der Waals surface area (Å²) in [6, 6.07) is 6.17. The Kier molecular flexibility index (Phi) is 5.95.